The first kappa shape index (κ1) is 14.9. The average Bonchev–Trinajstić information content (AvgIpc) is 2.18. The maximum atomic E-state index is 5.75. The summed E-state index contributed by atoms with van der Waals surface area (Å²) < 4.78 is 5.39. The molecule has 0 saturated heterocycles. The maximum absolute atomic E-state index is 5.75. The van der Waals surface area contributed by atoms with Gasteiger partial charge in [0.2, 0.25) is 0 Å². The van der Waals surface area contributed by atoms with Crippen LogP contribution < -0.4 is 5.73 Å². The molecule has 0 saturated carbocycles. The zero-order valence-electron chi connectivity index (χ0n) is 10.9. The highest BCUT2D eigenvalue weighted by atomic mass is 16.5. The molecule has 0 aromatic heterocycles. The molecule has 0 aromatic carbocycles. The van der Waals surface area contributed by atoms with Gasteiger partial charge in [0.15, 0.2) is 0 Å². The van der Waals surface area contributed by atoms with E-state index in [1.54, 1.807) is 0 Å². The summed E-state index contributed by atoms with van der Waals surface area (Å²) in [6.45, 7) is 14.3. The quantitative estimate of drug-likeness (QED) is 0.596. The number of rotatable bonds is 9. The zero-order valence-corrected chi connectivity index (χ0v) is 10.9. The predicted molar refractivity (Wildman–Crippen MR) is 66.1 cm³/mol. The lowest BCUT2D eigenvalue weighted by Gasteiger charge is -2.31. The minimum atomic E-state index is 0.210. The highest BCUT2D eigenvalue weighted by Gasteiger charge is 2.19. The molecule has 0 aromatic rings. The normalized spacial score (nSPS) is 12.4. The number of nitrogens with two attached hydrogens (primary N) is 1. The van der Waals surface area contributed by atoms with Crippen molar-refractivity contribution in [3.05, 3.63) is 0 Å². The molecule has 0 aliphatic rings. The lowest BCUT2D eigenvalue weighted by molar-refractivity contribution is 0.0959. The van der Waals surface area contributed by atoms with Crippen molar-refractivity contribution >= 4 is 0 Å². The first-order valence-corrected chi connectivity index (χ1v) is 6.06. The molecule has 0 heterocycles. The van der Waals surface area contributed by atoms with Crippen LogP contribution in [0.1, 0.15) is 34.1 Å². The van der Waals surface area contributed by atoms with Gasteiger partial charge in [0, 0.05) is 19.7 Å². The minimum absolute atomic E-state index is 0.210. The predicted octanol–water partition coefficient (Wildman–Crippen LogP) is 1.72. The van der Waals surface area contributed by atoms with Gasteiger partial charge in [-0.2, -0.15) is 0 Å². The summed E-state index contributed by atoms with van der Waals surface area (Å²) in [5.41, 5.74) is 5.96. The molecule has 15 heavy (non-hydrogen) atoms. The lowest BCUT2D eigenvalue weighted by Crippen LogP contribution is -2.40. The van der Waals surface area contributed by atoms with E-state index in [1.165, 1.54) is 6.42 Å². The van der Waals surface area contributed by atoms with E-state index in [2.05, 4.69) is 25.7 Å². The fourth-order valence-electron chi connectivity index (χ4n) is 1.59. The Hall–Kier alpha value is -0.120. The SMILES string of the molecule is CCCN(CCOCC)CC(C)(C)CN. The maximum Gasteiger partial charge on any atom is 0.0593 e. The van der Waals surface area contributed by atoms with Crippen molar-refractivity contribution in [1.82, 2.24) is 4.90 Å². The topological polar surface area (TPSA) is 38.5 Å². The molecule has 0 atom stereocenters. The molecule has 92 valence electrons. The summed E-state index contributed by atoms with van der Waals surface area (Å²) in [4.78, 5) is 2.45. The lowest BCUT2D eigenvalue weighted by atomic mass is 9.93. The van der Waals surface area contributed by atoms with Crippen LogP contribution in [0.2, 0.25) is 0 Å². The Kier molecular flexibility index (Phi) is 8.02. The van der Waals surface area contributed by atoms with Crippen LogP contribution >= 0.6 is 0 Å². The molecule has 0 unspecified atom stereocenters. The van der Waals surface area contributed by atoms with Gasteiger partial charge in [-0.15, -0.1) is 0 Å². The zero-order chi connectivity index (χ0) is 11.7. The van der Waals surface area contributed by atoms with Crippen LogP contribution in [-0.4, -0.2) is 44.3 Å². The van der Waals surface area contributed by atoms with Gasteiger partial charge < -0.3 is 15.4 Å². The Morgan fingerprint density at radius 1 is 1.20 bits per heavy atom. The van der Waals surface area contributed by atoms with Gasteiger partial charge >= 0.3 is 0 Å². The van der Waals surface area contributed by atoms with Crippen LogP contribution in [0.15, 0.2) is 0 Å². The monoisotopic (exact) mass is 216 g/mol. The highest BCUT2D eigenvalue weighted by Crippen LogP contribution is 2.14. The molecule has 0 amide bonds. The van der Waals surface area contributed by atoms with Gasteiger partial charge in [0.05, 0.1) is 6.61 Å². The first-order chi connectivity index (χ1) is 7.05. The molecule has 0 aliphatic heterocycles. The smallest absolute Gasteiger partial charge is 0.0593 e. The molecule has 0 radical (unpaired) electrons. The number of hydrogen-bond donors (Lipinski definition) is 1. The molecular weight excluding hydrogens is 188 g/mol. The van der Waals surface area contributed by atoms with Crippen LogP contribution in [0, 0.1) is 5.41 Å². The van der Waals surface area contributed by atoms with Gasteiger partial charge in [-0.1, -0.05) is 20.8 Å². The Labute approximate surface area is 95.0 Å². The molecule has 0 bridgehead atoms. The fraction of sp³-hybridized carbons (Fsp3) is 1.00. The second kappa shape index (κ2) is 8.08. The van der Waals surface area contributed by atoms with Crippen LogP contribution in [0.3, 0.4) is 0 Å². The molecule has 2 N–H and O–H groups in total. The third kappa shape index (κ3) is 7.77. The van der Waals surface area contributed by atoms with E-state index in [9.17, 15) is 0 Å². The third-order valence-corrected chi connectivity index (χ3v) is 2.50. The second-order valence-corrected chi connectivity index (χ2v) is 4.84. The van der Waals surface area contributed by atoms with Crippen molar-refractivity contribution in [2.24, 2.45) is 11.1 Å². The first-order valence-electron chi connectivity index (χ1n) is 6.06. The van der Waals surface area contributed by atoms with E-state index >= 15 is 0 Å². The van der Waals surface area contributed by atoms with Crippen molar-refractivity contribution in [2.75, 3.05) is 39.4 Å². The van der Waals surface area contributed by atoms with Gasteiger partial charge in [0.1, 0.15) is 0 Å². The summed E-state index contributed by atoms with van der Waals surface area (Å²) in [5.74, 6) is 0. The Bertz CT molecular complexity index is 149. The summed E-state index contributed by atoms with van der Waals surface area (Å²) in [7, 11) is 0. The van der Waals surface area contributed by atoms with Crippen molar-refractivity contribution in [3.63, 3.8) is 0 Å². The second-order valence-electron chi connectivity index (χ2n) is 4.84. The van der Waals surface area contributed by atoms with Gasteiger partial charge in [-0.05, 0) is 31.8 Å². The Morgan fingerprint density at radius 3 is 2.33 bits per heavy atom. The Morgan fingerprint density at radius 2 is 1.87 bits per heavy atom. The number of nitrogens with zero attached hydrogens (tertiary/aromatic N) is 1. The summed E-state index contributed by atoms with van der Waals surface area (Å²) in [6.07, 6.45) is 1.19. The molecule has 0 spiro atoms. The molecule has 0 aliphatic carbocycles. The summed E-state index contributed by atoms with van der Waals surface area (Å²) in [5, 5.41) is 0. The van der Waals surface area contributed by atoms with E-state index in [4.69, 9.17) is 10.5 Å². The van der Waals surface area contributed by atoms with Crippen LogP contribution in [0.4, 0.5) is 0 Å². The van der Waals surface area contributed by atoms with Gasteiger partial charge in [-0.25, -0.2) is 0 Å². The molecule has 0 fully saturated rings. The molecule has 0 rings (SSSR count). The molecule has 3 nitrogen and oxygen atoms in total. The van der Waals surface area contributed by atoms with Crippen molar-refractivity contribution < 1.29 is 4.74 Å². The summed E-state index contributed by atoms with van der Waals surface area (Å²) in [6, 6.07) is 0. The van der Waals surface area contributed by atoms with Gasteiger partial charge in [0.25, 0.3) is 0 Å². The average molecular weight is 216 g/mol. The van der Waals surface area contributed by atoms with Gasteiger partial charge in [-0.3, -0.25) is 0 Å². The standard InChI is InChI=1S/C12H28N2O/c1-5-7-14(8-9-15-6-2)11-12(3,4)10-13/h5-11,13H2,1-4H3. The van der Waals surface area contributed by atoms with Crippen molar-refractivity contribution in [1.29, 1.82) is 0 Å². The highest BCUT2D eigenvalue weighted by molar-refractivity contribution is 4.74. The largest absolute Gasteiger partial charge is 0.380 e. The van der Waals surface area contributed by atoms with Crippen LogP contribution in [0.25, 0.3) is 0 Å². The van der Waals surface area contributed by atoms with E-state index in [0.717, 1.165) is 39.4 Å². The number of ether oxygens (including phenoxy) is 1. The van der Waals surface area contributed by atoms with Crippen molar-refractivity contribution in [2.45, 2.75) is 34.1 Å². The van der Waals surface area contributed by atoms with Crippen LogP contribution in [0.5, 0.6) is 0 Å². The van der Waals surface area contributed by atoms with E-state index in [0.29, 0.717) is 0 Å². The van der Waals surface area contributed by atoms with Crippen LogP contribution in [-0.2, 0) is 4.74 Å². The fourth-order valence-corrected chi connectivity index (χ4v) is 1.59. The van der Waals surface area contributed by atoms with E-state index in [-0.39, 0.29) is 5.41 Å². The molecular formula is C12H28N2O. The third-order valence-electron chi connectivity index (χ3n) is 2.50. The molecule has 3 heteroatoms. The van der Waals surface area contributed by atoms with E-state index in [1.807, 2.05) is 6.92 Å². The summed E-state index contributed by atoms with van der Waals surface area (Å²) >= 11 is 0. The van der Waals surface area contributed by atoms with E-state index < -0.39 is 0 Å². The Balaban J connectivity index is 3.91. The minimum Gasteiger partial charge on any atom is -0.380 e. The number of hydrogen-bond acceptors (Lipinski definition) is 3. The van der Waals surface area contributed by atoms with Crippen molar-refractivity contribution in [3.8, 4) is 0 Å².